The smallest absolute Gasteiger partial charge is 0.291 e. The number of hydrogen-bond acceptors (Lipinski definition) is 5. The average molecular weight is 345 g/mol. The van der Waals surface area contributed by atoms with Crippen LogP contribution in [0.3, 0.4) is 0 Å². The Morgan fingerprint density at radius 3 is 2.83 bits per heavy atom. The Morgan fingerprint density at radius 1 is 1.33 bits per heavy atom. The number of hydrogen-bond donors (Lipinski definition) is 0. The normalized spacial score (nSPS) is 20.0. The Balaban J connectivity index is 1.60. The highest BCUT2D eigenvalue weighted by atomic mass is 32.1. The zero-order valence-electron chi connectivity index (χ0n) is 14.5. The molecule has 0 aromatic carbocycles. The third-order valence-electron chi connectivity index (χ3n) is 4.99. The van der Waals surface area contributed by atoms with Crippen LogP contribution in [0, 0.1) is 6.92 Å². The first-order valence-electron chi connectivity index (χ1n) is 8.81. The quantitative estimate of drug-likeness (QED) is 0.839. The molecule has 2 heterocycles. The molecule has 0 unspecified atom stereocenters. The largest absolute Gasteiger partial charge is 0.435 e. The van der Waals surface area contributed by atoms with Crippen molar-refractivity contribution in [3.05, 3.63) is 32.9 Å². The lowest BCUT2D eigenvalue weighted by Crippen LogP contribution is -2.33. The van der Waals surface area contributed by atoms with Gasteiger partial charge in [0, 0.05) is 13.0 Å². The molecule has 2 aromatic heterocycles. The van der Waals surface area contributed by atoms with Crippen molar-refractivity contribution >= 4 is 17.2 Å². The minimum Gasteiger partial charge on any atom is -0.435 e. The van der Waals surface area contributed by atoms with Crippen molar-refractivity contribution in [1.29, 1.82) is 0 Å². The van der Waals surface area contributed by atoms with E-state index >= 15 is 0 Å². The molecule has 0 radical (unpaired) electrons. The standard InChI is InChI=1S/C18H23N3O2S/c1-4-14-20-12-6-5-7-13(16(12)24-14)21(3)18(22)15-10(2)19-17(23-15)11-8-9-11/h11,13H,4-9H2,1-3H3/t13-/m1/s1. The number of fused-ring (bicyclic) bond motifs is 1. The predicted octanol–water partition coefficient (Wildman–Crippen LogP) is 4.03. The summed E-state index contributed by atoms with van der Waals surface area (Å²) in [4.78, 5) is 25.3. The van der Waals surface area contributed by atoms with Crippen LogP contribution in [-0.2, 0) is 12.8 Å². The fourth-order valence-corrected chi connectivity index (χ4v) is 4.62. The van der Waals surface area contributed by atoms with Crippen LogP contribution in [0.2, 0.25) is 0 Å². The number of nitrogens with zero attached hydrogens (tertiary/aromatic N) is 3. The maximum absolute atomic E-state index is 13.0. The van der Waals surface area contributed by atoms with Crippen LogP contribution >= 0.6 is 11.3 Å². The molecule has 0 saturated heterocycles. The summed E-state index contributed by atoms with van der Waals surface area (Å²) in [5.41, 5.74) is 1.89. The maximum atomic E-state index is 13.0. The van der Waals surface area contributed by atoms with Gasteiger partial charge in [-0.3, -0.25) is 4.79 Å². The summed E-state index contributed by atoms with van der Waals surface area (Å²) in [7, 11) is 1.88. The summed E-state index contributed by atoms with van der Waals surface area (Å²) in [5, 5.41) is 1.17. The number of aromatic nitrogens is 2. The predicted molar refractivity (Wildman–Crippen MR) is 92.5 cm³/mol. The molecule has 4 rings (SSSR count). The van der Waals surface area contributed by atoms with Gasteiger partial charge < -0.3 is 9.32 Å². The van der Waals surface area contributed by atoms with Gasteiger partial charge in [0.1, 0.15) is 0 Å². The second-order valence-corrected chi connectivity index (χ2v) is 7.95. The van der Waals surface area contributed by atoms with Crippen molar-refractivity contribution < 1.29 is 9.21 Å². The topological polar surface area (TPSA) is 59.2 Å². The van der Waals surface area contributed by atoms with E-state index in [9.17, 15) is 4.79 Å². The lowest BCUT2D eigenvalue weighted by molar-refractivity contribution is 0.0682. The van der Waals surface area contributed by atoms with Crippen LogP contribution < -0.4 is 0 Å². The van der Waals surface area contributed by atoms with Gasteiger partial charge in [-0.1, -0.05) is 6.92 Å². The van der Waals surface area contributed by atoms with E-state index in [0.29, 0.717) is 17.4 Å². The lowest BCUT2D eigenvalue weighted by atomic mass is 9.97. The van der Waals surface area contributed by atoms with Crippen molar-refractivity contribution in [3.63, 3.8) is 0 Å². The Labute approximate surface area is 146 Å². The highest BCUT2D eigenvalue weighted by molar-refractivity contribution is 7.11. The van der Waals surface area contributed by atoms with Gasteiger partial charge in [0.05, 0.1) is 27.3 Å². The van der Waals surface area contributed by atoms with Crippen LogP contribution in [0.25, 0.3) is 0 Å². The fourth-order valence-electron chi connectivity index (χ4n) is 3.39. The number of thiazole rings is 1. The molecule has 1 saturated carbocycles. The second-order valence-electron chi connectivity index (χ2n) is 6.84. The molecule has 24 heavy (non-hydrogen) atoms. The van der Waals surface area contributed by atoms with E-state index in [-0.39, 0.29) is 11.9 Å². The van der Waals surface area contributed by atoms with Gasteiger partial charge in [-0.15, -0.1) is 11.3 Å². The minimum absolute atomic E-state index is 0.0591. The van der Waals surface area contributed by atoms with Crippen molar-refractivity contribution in [1.82, 2.24) is 14.9 Å². The molecule has 1 amide bonds. The summed E-state index contributed by atoms with van der Waals surface area (Å²) in [6.07, 6.45) is 6.28. The summed E-state index contributed by atoms with van der Waals surface area (Å²) in [6, 6.07) is 0.105. The van der Waals surface area contributed by atoms with Crippen LogP contribution in [0.15, 0.2) is 4.42 Å². The summed E-state index contributed by atoms with van der Waals surface area (Å²) >= 11 is 1.76. The van der Waals surface area contributed by atoms with Crippen LogP contribution in [0.5, 0.6) is 0 Å². The highest BCUT2D eigenvalue weighted by Crippen LogP contribution is 2.41. The maximum Gasteiger partial charge on any atom is 0.291 e. The molecule has 0 bridgehead atoms. The number of oxazole rings is 1. The van der Waals surface area contributed by atoms with Crippen LogP contribution in [0.1, 0.15) is 82.3 Å². The molecular weight excluding hydrogens is 322 g/mol. The van der Waals surface area contributed by atoms with Crippen LogP contribution in [-0.4, -0.2) is 27.8 Å². The van der Waals surface area contributed by atoms with Crippen LogP contribution in [0.4, 0.5) is 0 Å². The van der Waals surface area contributed by atoms with Gasteiger partial charge in [0.2, 0.25) is 5.76 Å². The lowest BCUT2D eigenvalue weighted by Gasteiger charge is -2.30. The molecule has 2 aliphatic rings. The van der Waals surface area contributed by atoms with E-state index in [1.807, 2.05) is 18.9 Å². The molecule has 6 heteroatoms. The molecule has 0 spiro atoms. The first kappa shape index (κ1) is 15.8. The molecule has 1 fully saturated rings. The summed E-state index contributed by atoms with van der Waals surface area (Å²) < 4.78 is 5.81. The molecule has 2 aromatic rings. The molecule has 5 nitrogen and oxygen atoms in total. The zero-order valence-corrected chi connectivity index (χ0v) is 15.3. The van der Waals surface area contributed by atoms with E-state index in [1.54, 1.807) is 11.3 Å². The summed E-state index contributed by atoms with van der Waals surface area (Å²) in [5.74, 6) is 1.51. The molecule has 1 atom stereocenters. The van der Waals surface area contributed by atoms with E-state index in [2.05, 4.69) is 11.9 Å². The van der Waals surface area contributed by atoms with E-state index in [1.165, 1.54) is 15.6 Å². The Morgan fingerprint density at radius 2 is 2.12 bits per heavy atom. The SMILES string of the molecule is CCc1nc2c(s1)[C@H](N(C)C(=O)c1oc(C3CC3)nc1C)CCC2. The first-order chi connectivity index (χ1) is 11.6. The second kappa shape index (κ2) is 5.99. The van der Waals surface area contributed by atoms with Crippen molar-refractivity contribution in [2.75, 3.05) is 7.05 Å². The van der Waals surface area contributed by atoms with Crippen molar-refractivity contribution in [2.24, 2.45) is 0 Å². The van der Waals surface area contributed by atoms with Crippen molar-refractivity contribution in [2.45, 2.75) is 64.3 Å². The zero-order chi connectivity index (χ0) is 16.8. The van der Waals surface area contributed by atoms with Gasteiger partial charge in [-0.2, -0.15) is 0 Å². The fraction of sp³-hybridized carbons (Fsp3) is 0.611. The van der Waals surface area contributed by atoms with Crippen molar-refractivity contribution in [3.8, 4) is 0 Å². The van der Waals surface area contributed by atoms with Gasteiger partial charge in [0.15, 0.2) is 5.89 Å². The molecule has 0 aliphatic heterocycles. The van der Waals surface area contributed by atoms with E-state index in [0.717, 1.165) is 44.4 Å². The number of amides is 1. The molecular formula is C18H23N3O2S. The van der Waals surface area contributed by atoms with Gasteiger partial charge in [-0.05, 0) is 45.4 Å². The third kappa shape index (κ3) is 2.66. The van der Waals surface area contributed by atoms with Gasteiger partial charge in [0.25, 0.3) is 5.91 Å². The molecule has 2 aliphatic carbocycles. The monoisotopic (exact) mass is 345 g/mol. The summed E-state index contributed by atoms with van der Waals surface area (Å²) in [6.45, 7) is 4.00. The molecule has 0 N–H and O–H groups in total. The number of carbonyl (C=O) groups excluding carboxylic acids is 1. The van der Waals surface area contributed by atoms with E-state index in [4.69, 9.17) is 9.40 Å². The van der Waals surface area contributed by atoms with E-state index < -0.39 is 0 Å². The highest BCUT2D eigenvalue weighted by Gasteiger charge is 2.35. The van der Waals surface area contributed by atoms with Gasteiger partial charge in [-0.25, -0.2) is 9.97 Å². The molecule has 128 valence electrons. The Bertz CT molecular complexity index is 775. The third-order valence-corrected chi connectivity index (χ3v) is 6.33. The number of carbonyl (C=O) groups is 1. The number of aryl methyl sites for hydroxylation is 3. The Hall–Kier alpha value is -1.69. The average Bonchev–Trinajstić information content (AvgIpc) is 3.23. The van der Waals surface area contributed by atoms with Gasteiger partial charge >= 0.3 is 0 Å². The Kier molecular flexibility index (Phi) is 3.95. The minimum atomic E-state index is -0.0591. The number of rotatable bonds is 4. The first-order valence-corrected chi connectivity index (χ1v) is 9.63.